The zero-order valence-electron chi connectivity index (χ0n) is 15.6. The summed E-state index contributed by atoms with van der Waals surface area (Å²) in [6.07, 6.45) is 3.12. The van der Waals surface area contributed by atoms with Crippen molar-refractivity contribution in [2.24, 2.45) is 0 Å². The van der Waals surface area contributed by atoms with Crippen molar-refractivity contribution in [1.82, 2.24) is 4.98 Å². The standard InChI is InChI=1S/C25H18FNO2/c26-19-12-14-23-21(15-19)24(18-9-5-2-6-10-18)22(25(29)27-23)16-20(28)13-11-17-7-3-1-4-8-17/h1-15H,16H2,(H,27,29)/b13-11+. The molecule has 0 saturated heterocycles. The number of carbonyl (C=O) groups is 1. The molecule has 1 N–H and O–H groups in total. The summed E-state index contributed by atoms with van der Waals surface area (Å²) in [5.41, 5.74) is 2.78. The fourth-order valence-corrected chi connectivity index (χ4v) is 3.40. The fraction of sp³-hybridized carbons (Fsp3) is 0.0400. The maximum Gasteiger partial charge on any atom is 0.252 e. The molecule has 0 atom stereocenters. The summed E-state index contributed by atoms with van der Waals surface area (Å²) < 4.78 is 14.0. The molecule has 0 spiro atoms. The molecule has 0 amide bonds. The van der Waals surface area contributed by atoms with E-state index in [1.807, 2.05) is 60.7 Å². The molecule has 0 aliphatic heterocycles. The lowest BCUT2D eigenvalue weighted by atomic mass is 9.93. The maximum absolute atomic E-state index is 14.0. The van der Waals surface area contributed by atoms with E-state index in [-0.39, 0.29) is 17.8 Å². The number of halogens is 1. The molecular weight excluding hydrogens is 365 g/mol. The van der Waals surface area contributed by atoms with Crippen molar-refractivity contribution in [3.8, 4) is 11.1 Å². The third kappa shape index (κ3) is 4.06. The number of ketones is 1. The zero-order chi connectivity index (χ0) is 20.2. The third-order valence-corrected chi connectivity index (χ3v) is 4.75. The summed E-state index contributed by atoms with van der Waals surface area (Å²) in [5.74, 6) is -0.602. The van der Waals surface area contributed by atoms with E-state index < -0.39 is 5.82 Å². The van der Waals surface area contributed by atoms with Gasteiger partial charge in [0.05, 0.1) is 0 Å². The molecule has 0 fully saturated rings. The van der Waals surface area contributed by atoms with Crippen LogP contribution in [0.3, 0.4) is 0 Å². The van der Waals surface area contributed by atoms with Gasteiger partial charge in [0.2, 0.25) is 0 Å². The highest BCUT2D eigenvalue weighted by atomic mass is 19.1. The molecule has 0 aliphatic rings. The smallest absolute Gasteiger partial charge is 0.252 e. The van der Waals surface area contributed by atoms with Crippen molar-refractivity contribution in [1.29, 1.82) is 0 Å². The first-order valence-corrected chi connectivity index (χ1v) is 9.27. The minimum absolute atomic E-state index is 0.0741. The van der Waals surface area contributed by atoms with E-state index in [4.69, 9.17) is 0 Å². The molecule has 0 radical (unpaired) electrons. The van der Waals surface area contributed by atoms with Crippen molar-refractivity contribution in [2.75, 3.05) is 0 Å². The Morgan fingerprint density at radius 2 is 1.62 bits per heavy atom. The molecule has 0 bridgehead atoms. The number of H-pyrrole nitrogens is 1. The lowest BCUT2D eigenvalue weighted by Gasteiger charge is -2.12. The van der Waals surface area contributed by atoms with E-state index in [0.29, 0.717) is 22.0 Å². The average molecular weight is 383 g/mol. The minimum Gasteiger partial charge on any atom is -0.322 e. The fourth-order valence-electron chi connectivity index (χ4n) is 3.40. The monoisotopic (exact) mass is 383 g/mol. The van der Waals surface area contributed by atoms with Crippen molar-refractivity contribution in [3.63, 3.8) is 0 Å². The highest BCUT2D eigenvalue weighted by Crippen LogP contribution is 2.30. The number of nitrogens with one attached hydrogen (secondary N) is 1. The van der Waals surface area contributed by atoms with Gasteiger partial charge in [0.25, 0.3) is 5.56 Å². The van der Waals surface area contributed by atoms with Crippen LogP contribution in [0.4, 0.5) is 4.39 Å². The largest absolute Gasteiger partial charge is 0.322 e. The van der Waals surface area contributed by atoms with Crippen LogP contribution in [0.5, 0.6) is 0 Å². The van der Waals surface area contributed by atoms with Crippen molar-refractivity contribution in [3.05, 3.63) is 112 Å². The Balaban J connectivity index is 1.81. The summed E-state index contributed by atoms with van der Waals surface area (Å²) >= 11 is 0. The van der Waals surface area contributed by atoms with Gasteiger partial charge in [0, 0.05) is 28.5 Å². The minimum atomic E-state index is -0.400. The normalized spacial score (nSPS) is 11.2. The molecule has 29 heavy (non-hydrogen) atoms. The SMILES string of the molecule is O=C(/C=C/c1ccccc1)Cc1c(-c2ccccc2)c2cc(F)ccc2[nH]c1=O. The zero-order valence-corrected chi connectivity index (χ0v) is 15.6. The number of allylic oxidation sites excluding steroid dienone is 1. The molecule has 0 saturated carbocycles. The van der Waals surface area contributed by atoms with Crippen LogP contribution in [0.2, 0.25) is 0 Å². The van der Waals surface area contributed by atoms with E-state index in [0.717, 1.165) is 11.1 Å². The van der Waals surface area contributed by atoms with Gasteiger partial charge in [-0.05, 0) is 35.4 Å². The van der Waals surface area contributed by atoms with Gasteiger partial charge in [-0.1, -0.05) is 66.7 Å². The number of aromatic amines is 1. The van der Waals surface area contributed by atoms with E-state index in [9.17, 15) is 14.0 Å². The lowest BCUT2D eigenvalue weighted by Crippen LogP contribution is -2.17. The van der Waals surface area contributed by atoms with E-state index in [1.165, 1.54) is 18.2 Å². The first-order valence-electron chi connectivity index (χ1n) is 9.27. The second-order valence-corrected chi connectivity index (χ2v) is 6.75. The van der Waals surface area contributed by atoms with Gasteiger partial charge in [0.15, 0.2) is 5.78 Å². The van der Waals surface area contributed by atoms with Gasteiger partial charge in [-0.25, -0.2) is 4.39 Å². The molecule has 4 heteroatoms. The van der Waals surface area contributed by atoms with Crippen molar-refractivity contribution in [2.45, 2.75) is 6.42 Å². The Bertz CT molecular complexity index is 1260. The summed E-state index contributed by atoms with van der Waals surface area (Å²) in [4.78, 5) is 28.2. The molecule has 1 aromatic heterocycles. The third-order valence-electron chi connectivity index (χ3n) is 4.75. The molecule has 1 heterocycles. The molecule has 4 rings (SSSR count). The quantitative estimate of drug-likeness (QED) is 0.484. The summed E-state index contributed by atoms with van der Waals surface area (Å²) in [7, 11) is 0. The van der Waals surface area contributed by atoms with Crippen LogP contribution in [-0.4, -0.2) is 10.8 Å². The van der Waals surface area contributed by atoms with Crippen LogP contribution in [0.1, 0.15) is 11.1 Å². The van der Waals surface area contributed by atoms with Gasteiger partial charge < -0.3 is 4.98 Å². The Hall–Kier alpha value is -3.79. The summed E-state index contributed by atoms with van der Waals surface area (Å²) in [6, 6.07) is 23.0. The average Bonchev–Trinajstić information content (AvgIpc) is 2.74. The van der Waals surface area contributed by atoms with Crippen LogP contribution >= 0.6 is 0 Å². The lowest BCUT2D eigenvalue weighted by molar-refractivity contribution is -0.113. The Morgan fingerprint density at radius 3 is 2.34 bits per heavy atom. The number of hydrogen-bond donors (Lipinski definition) is 1. The Labute approximate surface area is 167 Å². The van der Waals surface area contributed by atoms with Gasteiger partial charge in [-0.15, -0.1) is 0 Å². The Kier molecular flexibility index (Phi) is 5.16. The first kappa shape index (κ1) is 18.6. The topological polar surface area (TPSA) is 49.9 Å². The molecule has 142 valence electrons. The van der Waals surface area contributed by atoms with Crippen LogP contribution < -0.4 is 5.56 Å². The number of aromatic nitrogens is 1. The molecule has 4 aromatic rings. The summed E-state index contributed by atoms with van der Waals surface area (Å²) in [6.45, 7) is 0. The van der Waals surface area contributed by atoms with E-state index in [1.54, 1.807) is 12.1 Å². The van der Waals surface area contributed by atoms with Gasteiger partial charge in [0.1, 0.15) is 5.82 Å². The number of fused-ring (bicyclic) bond motifs is 1. The number of hydrogen-bond acceptors (Lipinski definition) is 2. The summed E-state index contributed by atoms with van der Waals surface area (Å²) in [5, 5.41) is 0.575. The highest BCUT2D eigenvalue weighted by Gasteiger charge is 2.17. The highest BCUT2D eigenvalue weighted by molar-refractivity contribution is 6.00. The van der Waals surface area contributed by atoms with Crippen LogP contribution in [0, 0.1) is 5.82 Å². The molecule has 3 aromatic carbocycles. The Morgan fingerprint density at radius 1 is 0.931 bits per heavy atom. The van der Waals surface area contributed by atoms with Gasteiger partial charge in [-0.2, -0.15) is 0 Å². The molecule has 0 aliphatic carbocycles. The molecular formula is C25H18FNO2. The van der Waals surface area contributed by atoms with Crippen LogP contribution in [-0.2, 0) is 11.2 Å². The second-order valence-electron chi connectivity index (χ2n) is 6.75. The van der Waals surface area contributed by atoms with Gasteiger partial charge in [-0.3, -0.25) is 9.59 Å². The molecule has 0 unspecified atom stereocenters. The van der Waals surface area contributed by atoms with E-state index >= 15 is 0 Å². The van der Waals surface area contributed by atoms with Crippen LogP contribution in [0.25, 0.3) is 28.1 Å². The van der Waals surface area contributed by atoms with Gasteiger partial charge >= 0.3 is 0 Å². The first-order chi connectivity index (χ1) is 14.1. The van der Waals surface area contributed by atoms with E-state index in [2.05, 4.69) is 4.98 Å². The number of benzene rings is 3. The maximum atomic E-state index is 14.0. The van der Waals surface area contributed by atoms with Crippen molar-refractivity contribution < 1.29 is 9.18 Å². The predicted molar refractivity (Wildman–Crippen MR) is 114 cm³/mol. The molecule has 3 nitrogen and oxygen atoms in total. The second kappa shape index (κ2) is 8.07. The number of pyridine rings is 1. The number of rotatable bonds is 5. The number of carbonyl (C=O) groups excluding carboxylic acids is 1. The van der Waals surface area contributed by atoms with Crippen molar-refractivity contribution >= 4 is 22.8 Å². The van der Waals surface area contributed by atoms with Crippen LogP contribution in [0.15, 0.2) is 89.7 Å². The predicted octanol–water partition coefficient (Wildman–Crippen LogP) is 5.16.